The summed E-state index contributed by atoms with van der Waals surface area (Å²) in [7, 11) is 0. The zero-order valence-electron chi connectivity index (χ0n) is 26.6. The van der Waals surface area contributed by atoms with Crippen LogP contribution >= 0.6 is 11.8 Å². The molecule has 1 aromatic heterocycles. The van der Waals surface area contributed by atoms with Gasteiger partial charge in [-0.25, -0.2) is 14.8 Å². The quantitative estimate of drug-likeness (QED) is 0.0459. The fourth-order valence-electron chi connectivity index (χ4n) is 5.20. The number of unbranched alkanes of at least 4 members (excludes halogenated alkanes) is 10. The van der Waals surface area contributed by atoms with E-state index in [1.165, 1.54) is 93.3 Å². The summed E-state index contributed by atoms with van der Waals surface area (Å²) in [6.45, 7) is 4.51. The summed E-state index contributed by atoms with van der Waals surface area (Å²) >= 11 is 1.93. The molecule has 0 unspecified atom stereocenters. The highest BCUT2D eigenvalue weighted by Gasteiger charge is 2.10. The second-order valence-corrected chi connectivity index (χ2v) is 12.7. The molecule has 0 atom stereocenters. The molecule has 0 bridgehead atoms. The first-order valence-electron chi connectivity index (χ1n) is 16.6. The maximum Gasteiger partial charge on any atom is 0.343 e. The van der Waals surface area contributed by atoms with Crippen molar-refractivity contribution in [2.75, 3.05) is 5.75 Å². The van der Waals surface area contributed by atoms with Crippen LogP contribution in [0.5, 0.6) is 5.75 Å². The average molecular weight is 609 g/mol. The smallest absolute Gasteiger partial charge is 0.343 e. The summed E-state index contributed by atoms with van der Waals surface area (Å²) in [6, 6.07) is 23.7. The molecule has 0 aliphatic rings. The molecule has 1 heterocycles. The number of hydrogen-bond donors (Lipinski definition) is 0. The Bertz CT molecular complexity index is 1370. The van der Waals surface area contributed by atoms with Crippen LogP contribution in [0.15, 0.2) is 90.1 Å². The van der Waals surface area contributed by atoms with Gasteiger partial charge in [0.15, 0.2) is 5.82 Å². The molecule has 0 fully saturated rings. The lowest BCUT2D eigenvalue weighted by molar-refractivity contribution is 0.0735. The topological polar surface area (TPSA) is 52.1 Å². The van der Waals surface area contributed by atoms with Crippen LogP contribution in [0, 0.1) is 0 Å². The van der Waals surface area contributed by atoms with Gasteiger partial charge in [0.25, 0.3) is 0 Å². The highest BCUT2D eigenvalue weighted by atomic mass is 32.2. The van der Waals surface area contributed by atoms with Crippen LogP contribution in [0.25, 0.3) is 22.5 Å². The van der Waals surface area contributed by atoms with E-state index in [4.69, 9.17) is 4.74 Å². The number of rotatable bonds is 19. The first kappa shape index (κ1) is 33.5. The molecule has 4 nitrogen and oxygen atoms in total. The van der Waals surface area contributed by atoms with Crippen LogP contribution in [0.3, 0.4) is 0 Å². The van der Waals surface area contributed by atoms with Gasteiger partial charge >= 0.3 is 5.97 Å². The number of carbonyl (C=O) groups excluding carboxylic acids is 1. The summed E-state index contributed by atoms with van der Waals surface area (Å²) in [5.74, 6) is 1.97. The van der Waals surface area contributed by atoms with Gasteiger partial charge in [-0.1, -0.05) is 102 Å². The largest absolute Gasteiger partial charge is 0.423 e. The second-order valence-electron chi connectivity index (χ2n) is 11.6. The van der Waals surface area contributed by atoms with Crippen molar-refractivity contribution in [3.63, 3.8) is 0 Å². The Balaban J connectivity index is 1.22. The van der Waals surface area contributed by atoms with E-state index in [2.05, 4.69) is 48.1 Å². The molecule has 0 saturated heterocycles. The van der Waals surface area contributed by atoms with E-state index in [1.807, 2.05) is 60.6 Å². The Morgan fingerprint density at radius 2 is 1.14 bits per heavy atom. The summed E-state index contributed by atoms with van der Waals surface area (Å²) < 4.78 is 5.64. The molecule has 44 heavy (non-hydrogen) atoms. The SMILES string of the molecule is CCCCCCCCSc1ccc(-c2ccc(C(=O)Oc3ccc(-c4ncc(CCCCCCCC)cn4)cc3)cc2)cc1. The van der Waals surface area contributed by atoms with Gasteiger partial charge in [-0.05, 0) is 90.2 Å². The van der Waals surface area contributed by atoms with E-state index >= 15 is 0 Å². The number of benzene rings is 3. The predicted octanol–water partition coefficient (Wildman–Crippen LogP) is 11.4. The minimum absolute atomic E-state index is 0.374. The average Bonchev–Trinajstić information content (AvgIpc) is 3.07. The van der Waals surface area contributed by atoms with Crippen molar-refractivity contribution in [3.8, 4) is 28.3 Å². The van der Waals surface area contributed by atoms with Crippen molar-refractivity contribution in [2.24, 2.45) is 0 Å². The Labute approximate surface area is 269 Å². The van der Waals surface area contributed by atoms with Crippen LogP contribution < -0.4 is 4.74 Å². The van der Waals surface area contributed by atoms with Crippen molar-refractivity contribution < 1.29 is 9.53 Å². The van der Waals surface area contributed by atoms with Crippen molar-refractivity contribution >= 4 is 17.7 Å². The van der Waals surface area contributed by atoms with Gasteiger partial charge in [-0.3, -0.25) is 0 Å². The van der Waals surface area contributed by atoms with Crippen molar-refractivity contribution in [3.05, 3.63) is 96.3 Å². The lowest BCUT2D eigenvalue weighted by atomic mass is 10.0. The molecule has 3 aromatic carbocycles. The summed E-state index contributed by atoms with van der Waals surface area (Å²) in [5, 5.41) is 0. The van der Waals surface area contributed by atoms with Gasteiger partial charge in [0, 0.05) is 22.9 Å². The predicted molar refractivity (Wildman–Crippen MR) is 185 cm³/mol. The summed E-state index contributed by atoms with van der Waals surface area (Å²) in [4.78, 5) is 23.2. The molecule has 4 aromatic rings. The number of aromatic nitrogens is 2. The van der Waals surface area contributed by atoms with Crippen LogP contribution in [0.2, 0.25) is 0 Å². The maximum atomic E-state index is 12.8. The Morgan fingerprint density at radius 1 is 0.614 bits per heavy atom. The Morgan fingerprint density at radius 3 is 1.75 bits per heavy atom. The number of aryl methyl sites for hydroxylation is 1. The molecule has 0 spiro atoms. The lowest BCUT2D eigenvalue weighted by Gasteiger charge is -2.08. The third kappa shape index (κ3) is 11.2. The van der Waals surface area contributed by atoms with Crippen molar-refractivity contribution in [2.45, 2.75) is 102 Å². The normalized spacial score (nSPS) is 11.0. The molecule has 4 rings (SSSR count). The fourth-order valence-corrected chi connectivity index (χ4v) is 6.11. The van der Waals surface area contributed by atoms with E-state index in [0.717, 1.165) is 23.1 Å². The Kier molecular flexibility index (Phi) is 14.5. The number of ether oxygens (including phenoxy) is 1. The van der Waals surface area contributed by atoms with Gasteiger partial charge in [0.1, 0.15) is 5.75 Å². The van der Waals surface area contributed by atoms with Gasteiger partial charge in [0.05, 0.1) is 5.56 Å². The van der Waals surface area contributed by atoms with Gasteiger partial charge in [0.2, 0.25) is 0 Å². The fraction of sp³-hybridized carbons (Fsp3) is 0.410. The molecule has 0 aliphatic heterocycles. The molecule has 0 N–H and O–H groups in total. The monoisotopic (exact) mass is 608 g/mol. The van der Waals surface area contributed by atoms with Gasteiger partial charge in [-0.15, -0.1) is 11.8 Å². The van der Waals surface area contributed by atoms with Crippen LogP contribution in [-0.2, 0) is 6.42 Å². The standard InChI is InChI=1S/C39H48N2O2S/c1-3-5-7-9-11-13-15-31-29-40-38(41-30-31)34-20-24-36(25-21-34)43-39(42)35-18-16-32(17-19-35)33-22-26-37(27-23-33)44-28-14-12-10-8-6-4-2/h16-27,29-30H,3-15,28H2,1-2H3. The molecule has 0 radical (unpaired) electrons. The van der Waals surface area contributed by atoms with Crippen LogP contribution in [0.1, 0.15) is 107 Å². The third-order valence-corrected chi connectivity index (χ3v) is 9.02. The maximum absolute atomic E-state index is 12.8. The van der Waals surface area contributed by atoms with E-state index in [1.54, 1.807) is 12.1 Å². The summed E-state index contributed by atoms with van der Waals surface area (Å²) in [5.41, 5.74) is 4.81. The minimum Gasteiger partial charge on any atom is -0.423 e. The number of thioether (sulfide) groups is 1. The van der Waals surface area contributed by atoms with Gasteiger partial charge < -0.3 is 4.74 Å². The number of carbonyl (C=O) groups is 1. The second kappa shape index (κ2) is 19.1. The first-order valence-corrected chi connectivity index (χ1v) is 17.6. The molecule has 232 valence electrons. The molecule has 0 aliphatic carbocycles. The molecular formula is C39H48N2O2S. The number of hydrogen-bond acceptors (Lipinski definition) is 5. The van der Waals surface area contributed by atoms with Gasteiger partial charge in [-0.2, -0.15) is 0 Å². The highest BCUT2D eigenvalue weighted by molar-refractivity contribution is 7.99. The van der Waals surface area contributed by atoms with Crippen molar-refractivity contribution in [1.29, 1.82) is 0 Å². The highest BCUT2D eigenvalue weighted by Crippen LogP contribution is 2.26. The lowest BCUT2D eigenvalue weighted by Crippen LogP contribution is -2.08. The van der Waals surface area contributed by atoms with Crippen LogP contribution in [0.4, 0.5) is 0 Å². The van der Waals surface area contributed by atoms with E-state index in [9.17, 15) is 4.79 Å². The zero-order chi connectivity index (χ0) is 30.8. The first-order chi connectivity index (χ1) is 21.7. The molecule has 0 saturated carbocycles. The van der Waals surface area contributed by atoms with E-state index < -0.39 is 0 Å². The summed E-state index contributed by atoms with van der Waals surface area (Å²) in [6.07, 6.45) is 20.5. The van der Waals surface area contributed by atoms with Crippen LogP contribution in [-0.4, -0.2) is 21.7 Å². The number of esters is 1. The Hall–Kier alpha value is -3.44. The number of nitrogens with zero attached hydrogens (tertiary/aromatic N) is 2. The zero-order valence-corrected chi connectivity index (χ0v) is 27.4. The molecular weight excluding hydrogens is 561 g/mol. The molecule has 5 heteroatoms. The molecule has 0 amide bonds. The van der Waals surface area contributed by atoms with E-state index in [0.29, 0.717) is 17.1 Å². The van der Waals surface area contributed by atoms with Crippen molar-refractivity contribution in [1.82, 2.24) is 9.97 Å². The van der Waals surface area contributed by atoms with E-state index in [-0.39, 0.29) is 5.97 Å². The minimum atomic E-state index is -0.374. The third-order valence-electron chi connectivity index (χ3n) is 7.92.